The quantitative estimate of drug-likeness (QED) is 0.554. The van der Waals surface area contributed by atoms with E-state index < -0.39 is 18.2 Å². The molecule has 1 aromatic rings. The Morgan fingerprint density at radius 1 is 1.08 bits per heavy atom. The first-order valence-electron chi connectivity index (χ1n) is 8.59. The van der Waals surface area contributed by atoms with Gasteiger partial charge in [0, 0.05) is 12.6 Å². The smallest absolute Gasteiger partial charge is 0.236 e. The van der Waals surface area contributed by atoms with Gasteiger partial charge in [0.25, 0.3) is 0 Å². The zero-order chi connectivity index (χ0) is 19.2. The Morgan fingerprint density at radius 2 is 1.60 bits per heavy atom. The molecule has 25 heavy (non-hydrogen) atoms. The predicted octanol–water partition coefficient (Wildman–Crippen LogP) is 4.83. The van der Waals surface area contributed by atoms with Gasteiger partial charge in [0.15, 0.2) is 5.52 Å². The van der Waals surface area contributed by atoms with Crippen molar-refractivity contribution in [1.29, 1.82) is 0 Å². The van der Waals surface area contributed by atoms with Crippen LogP contribution in [0.5, 0.6) is 11.5 Å². The Hall–Kier alpha value is -1.61. The summed E-state index contributed by atoms with van der Waals surface area (Å²) in [6.45, 7) is 7.69. The molecule has 0 aromatic heterocycles. The summed E-state index contributed by atoms with van der Waals surface area (Å²) in [6, 6.07) is 4.89. The van der Waals surface area contributed by atoms with Crippen molar-refractivity contribution in [2.75, 3.05) is 20.4 Å². The largest absolute Gasteiger partial charge is 0.496 e. The molecule has 1 rings (SSSR count). The van der Waals surface area contributed by atoms with E-state index >= 15 is 0 Å². The summed E-state index contributed by atoms with van der Waals surface area (Å²) >= 11 is 0. The molecular weight excluding hydrogens is 339 g/mol. The molecule has 0 heterocycles. The van der Waals surface area contributed by atoms with Gasteiger partial charge < -0.3 is 14.0 Å². The van der Waals surface area contributed by atoms with Gasteiger partial charge in [-0.15, -0.1) is 0 Å². The normalized spacial score (nSPS) is 14.7. The van der Waals surface area contributed by atoms with Gasteiger partial charge in [-0.25, -0.2) is 0 Å². The van der Waals surface area contributed by atoms with Crippen LogP contribution in [0.25, 0.3) is 0 Å². The maximum Gasteiger partial charge on any atom is 0.236 e. The molecule has 0 amide bonds. The van der Waals surface area contributed by atoms with E-state index in [0.29, 0.717) is 5.92 Å². The van der Waals surface area contributed by atoms with Gasteiger partial charge in [-0.3, -0.25) is 9.59 Å². The van der Waals surface area contributed by atoms with Gasteiger partial charge >= 0.3 is 0 Å². The average Bonchev–Trinajstić information content (AvgIpc) is 2.58. The number of carbonyl (C=O) groups is 2. The van der Waals surface area contributed by atoms with Crippen LogP contribution >= 0.6 is 7.14 Å². The Kier molecular flexibility index (Phi) is 7.88. The zero-order valence-corrected chi connectivity index (χ0v) is 16.9. The summed E-state index contributed by atoms with van der Waals surface area (Å²) in [6.07, 6.45) is 0.949. The molecule has 0 fully saturated rings. The lowest BCUT2D eigenvalue weighted by molar-refractivity contribution is -0.111. The molecular formula is C19H29O5P. The highest BCUT2D eigenvalue weighted by molar-refractivity contribution is 7.94. The third-order valence-electron chi connectivity index (χ3n) is 4.12. The Balaban J connectivity index is 3.40. The van der Waals surface area contributed by atoms with Gasteiger partial charge in [-0.1, -0.05) is 33.8 Å². The molecule has 0 saturated carbocycles. The number of methoxy groups -OCH3 is 2. The van der Waals surface area contributed by atoms with Crippen LogP contribution < -0.4 is 9.47 Å². The van der Waals surface area contributed by atoms with E-state index in [0.717, 1.165) is 6.42 Å². The first-order valence-corrected chi connectivity index (χ1v) is 10.5. The first-order chi connectivity index (χ1) is 11.7. The van der Waals surface area contributed by atoms with Crippen molar-refractivity contribution >= 4 is 18.2 Å². The van der Waals surface area contributed by atoms with Crippen LogP contribution in [0.3, 0.4) is 0 Å². The molecule has 0 spiro atoms. The molecule has 2 atom stereocenters. The van der Waals surface area contributed by atoms with Crippen molar-refractivity contribution in [3.63, 3.8) is 0 Å². The lowest BCUT2D eigenvalue weighted by Crippen LogP contribution is -2.18. The molecule has 1 aromatic carbocycles. The van der Waals surface area contributed by atoms with Crippen molar-refractivity contribution in [3.8, 4) is 11.5 Å². The van der Waals surface area contributed by atoms with E-state index in [1.807, 2.05) is 6.92 Å². The molecule has 0 aliphatic rings. The van der Waals surface area contributed by atoms with Crippen LogP contribution in [0.15, 0.2) is 18.2 Å². The number of hydrogen-bond donors (Lipinski definition) is 0. The SMILES string of the molecule is CCC(=O)P(=O)(CC(C)CC(C)C)C(=O)c1c(OC)cccc1OC. The fourth-order valence-electron chi connectivity index (χ4n) is 3.11. The van der Waals surface area contributed by atoms with Crippen molar-refractivity contribution in [3.05, 3.63) is 23.8 Å². The highest BCUT2D eigenvalue weighted by Gasteiger charge is 2.42. The zero-order valence-electron chi connectivity index (χ0n) is 16.0. The summed E-state index contributed by atoms with van der Waals surface area (Å²) in [4.78, 5) is 25.7. The fourth-order valence-corrected chi connectivity index (χ4v) is 5.83. The van der Waals surface area contributed by atoms with E-state index in [-0.39, 0.29) is 35.6 Å². The lowest BCUT2D eigenvalue weighted by Gasteiger charge is -2.22. The Labute approximate surface area is 150 Å². The third kappa shape index (κ3) is 4.94. The second-order valence-corrected chi connectivity index (χ2v) is 9.50. The molecule has 0 aliphatic carbocycles. The number of benzene rings is 1. The van der Waals surface area contributed by atoms with Crippen LogP contribution in [-0.4, -0.2) is 31.4 Å². The van der Waals surface area contributed by atoms with Crippen LogP contribution in [0.2, 0.25) is 0 Å². The van der Waals surface area contributed by atoms with E-state index in [2.05, 4.69) is 13.8 Å². The van der Waals surface area contributed by atoms with Gasteiger partial charge in [0.05, 0.1) is 14.2 Å². The summed E-state index contributed by atoms with van der Waals surface area (Å²) in [5.74, 6) is 0.942. The number of rotatable bonds is 10. The topological polar surface area (TPSA) is 69.7 Å². The minimum absolute atomic E-state index is 0.00554. The van der Waals surface area contributed by atoms with Crippen LogP contribution in [0, 0.1) is 11.8 Å². The Morgan fingerprint density at radius 3 is 2.00 bits per heavy atom. The van der Waals surface area contributed by atoms with E-state index in [9.17, 15) is 14.2 Å². The van der Waals surface area contributed by atoms with Crippen molar-refractivity contribution in [2.24, 2.45) is 11.8 Å². The summed E-state index contributed by atoms with van der Waals surface area (Å²) in [5, 5.41) is 0. The molecule has 5 nitrogen and oxygen atoms in total. The van der Waals surface area contributed by atoms with E-state index in [1.165, 1.54) is 14.2 Å². The minimum atomic E-state index is -3.75. The van der Waals surface area contributed by atoms with E-state index in [4.69, 9.17) is 9.47 Å². The van der Waals surface area contributed by atoms with Crippen LogP contribution in [-0.2, 0) is 9.36 Å². The highest BCUT2D eigenvalue weighted by Crippen LogP contribution is 2.55. The van der Waals surface area contributed by atoms with Gasteiger partial charge in [0.1, 0.15) is 17.1 Å². The average molecular weight is 368 g/mol. The molecule has 0 aliphatic heterocycles. The Bertz CT molecular complexity index is 644. The molecule has 0 N–H and O–H groups in total. The summed E-state index contributed by atoms with van der Waals surface area (Å²) in [5.41, 5.74) is -1.06. The van der Waals surface area contributed by atoms with Gasteiger partial charge in [-0.2, -0.15) is 0 Å². The monoisotopic (exact) mass is 368 g/mol. The number of carbonyl (C=O) groups excluding carboxylic acids is 2. The maximum absolute atomic E-state index is 13.6. The predicted molar refractivity (Wildman–Crippen MR) is 100 cm³/mol. The summed E-state index contributed by atoms with van der Waals surface area (Å²) in [7, 11) is -0.894. The van der Waals surface area contributed by atoms with E-state index in [1.54, 1.807) is 25.1 Å². The minimum Gasteiger partial charge on any atom is -0.496 e. The second-order valence-electron chi connectivity index (χ2n) is 6.75. The highest BCUT2D eigenvalue weighted by atomic mass is 31.2. The third-order valence-corrected chi connectivity index (χ3v) is 7.26. The molecule has 2 unspecified atom stereocenters. The lowest BCUT2D eigenvalue weighted by atomic mass is 10.0. The number of hydrogen-bond acceptors (Lipinski definition) is 5. The number of ether oxygens (including phenoxy) is 2. The maximum atomic E-state index is 13.6. The molecule has 0 bridgehead atoms. The van der Waals surface area contributed by atoms with Crippen molar-refractivity contribution in [1.82, 2.24) is 0 Å². The van der Waals surface area contributed by atoms with Gasteiger partial charge in [-0.05, 0) is 30.4 Å². The van der Waals surface area contributed by atoms with Gasteiger partial charge in [0.2, 0.25) is 12.7 Å². The molecule has 140 valence electrons. The molecule has 6 heteroatoms. The van der Waals surface area contributed by atoms with Crippen molar-refractivity contribution in [2.45, 2.75) is 40.5 Å². The molecule has 0 saturated heterocycles. The standard InChI is InChI=1S/C19H29O5P/c1-7-17(20)25(22,12-14(4)11-13(2)3)19(21)18-15(23-5)9-8-10-16(18)24-6/h8-10,13-14H,7,11-12H2,1-6H3. The van der Waals surface area contributed by atoms with Crippen molar-refractivity contribution < 1.29 is 23.6 Å². The first kappa shape index (κ1) is 21.4. The fraction of sp³-hybridized carbons (Fsp3) is 0.579. The molecule has 0 radical (unpaired) electrons. The summed E-state index contributed by atoms with van der Waals surface area (Å²) < 4.78 is 24.1. The van der Waals surface area contributed by atoms with Crippen LogP contribution in [0.4, 0.5) is 0 Å². The van der Waals surface area contributed by atoms with Crippen LogP contribution in [0.1, 0.15) is 50.9 Å². The second kappa shape index (κ2) is 9.19.